The minimum atomic E-state index is -2.67. The lowest BCUT2D eigenvalue weighted by molar-refractivity contribution is -0.153. The van der Waals surface area contributed by atoms with E-state index in [1.807, 2.05) is 0 Å². The number of methoxy groups -OCH3 is 1. The zero-order valence-corrected chi connectivity index (χ0v) is 20.9. The molecule has 1 heterocycles. The van der Waals surface area contributed by atoms with Gasteiger partial charge in [0.25, 0.3) is 5.91 Å². The van der Waals surface area contributed by atoms with Crippen LogP contribution in [0.4, 0.5) is 0 Å². The molecule has 38 heavy (non-hydrogen) atoms. The Labute approximate surface area is 217 Å². The molecule has 4 atom stereocenters. The molecule has 11 nitrogen and oxygen atoms in total. The Morgan fingerprint density at radius 3 is 2.45 bits per heavy atom. The molecule has 6 N–H and O–H groups in total. The van der Waals surface area contributed by atoms with E-state index in [1.165, 1.54) is 24.3 Å². The first-order valence-electron chi connectivity index (χ1n) is 11.9. The Kier molecular flexibility index (Phi) is 5.80. The van der Waals surface area contributed by atoms with Crippen LogP contribution in [0, 0.1) is 11.8 Å². The van der Waals surface area contributed by atoms with Crippen molar-refractivity contribution >= 4 is 23.2 Å². The fraction of sp³-hybridized carbons (Fsp3) is 0.333. The second-order valence-corrected chi connectivity index (χ2v) is 10.0. The number of aromatic hydroxyl groups is 1. The van der Waals surface area contributed by atoms with Gasteiger partial charge in [-0.15, -0.1) is 0 Å². The van der Waals surface area contributed by atoms with Gasteiger partial charge in [-0.25, -0.2) is 0 Å². The van der Waals surface area contributed by atoms with Crippen LogP contribution in [0.15, 0.2) is 47.4 Å². The number of carbonyl (C=O) groups excluding carboxylic acids is 3. The molecule has 1 aromatic heterocycles. The largest absolute Gasteiger partial charge is 0.508 e. The third kappa shape index (κ3) is 3.35. The number of nitrogens with zero attached hydrogens (tertiary/aromatic N) is 2. The minimum Gasteiger partial charge on any atom is -0.508 e. The molecule has 198 valence electrons. The van der Waals surface area contributed by atoms with Crippen molar-refractivity contribution in [3.05, 3.63) is 58.5 Å². The van der Waals surface area contributed by atoms with Crippen LogP contribution in [0.25, 0.3) is 17.0 Å². The van der Waals surface area contributed by atoms with Crippen molar-refractivity contribution in [1.29, 1.82) is 0 Å². The zero-order valence-electron chi connectivity index (χ0n) is 20.9. The molecule has 1 saturated carbocycles. The fourth-order valence-electron chi connectivity index (χ4n) is 6.14. The molecule has 1 amide bonds. The highest BCUT2D eigenvalue weighted by atomic mass is 16.5. The number of fused-ring (bicyclic) bond motifs is 3. The van der Waals surface area contributed by atoms with Gasteiger partial charge in [0.2, 0.25) is 5.78 Å². The van der Waals surface area contributed by atoms with Crippen LogP contribution < -0.4 is 10.5 Å². The number of Topliss-reactive ketones (excluding diaryl/α,β-unsaturated/α-hetero) is 2. The number of aliphatic hydroxyl groups excluding tert-OH is 2. The Morgan fingerprint density at radius 2 is 1.87 bits per heavy atom. The highest BCUT2D eigenvalue weighted by Gasteiger charge is 2.64. The van der Waals surface area contributed by atoms with Crippen LogP contribution in [0.3, 0.4) is 0 Å². The number of nitrogens with two attached hydrogens (primary N) is 1. The third-order valence-corrected chi connectivity index (χ3v) is 7.85. The van der Waals surface area contributed by atoms with Crippen molar-refractivity contribution in [2.45, 2.75) is 24.5 Å². The number of pyridine rings is 1. The van der Waals surface area contributed by atoms with Gasteiger partial charge in [-0.2, -0.15) is 0 Å². The first kappa shape index (κ1) is 25.4. The van der Waals surface area contributed by atoms with E-state index in [-0.39, 0.29) is 29.7 Å². The summed E-state index contributed by atoms with van der Waals surface area (Å²) in [7, 11) is 4.62. The average molecular weight is 522 g/mol. The van der Waals surface area contributed by atoms with E-state index in [2.05, 4.69) is 4.98 Å². The number of aliphatic hydroxyl groups is 3. The van der Waals surface area contributed by atoms with Gasteiger partial charge in [0, 0.05) is 17.1 Å². The van der Waals surface area contributed by atoms with Crippen molar-refractivity contribution in [2.24, 2.45) is 17.6 Å². The number of ether oxygens (including phenoxy) is 1. The Bertz CT molecular complexity index is 1460. The number of aromatic nitrogens is 1. The molecular formula is C27H27N3O8. The number of ketones is 2. The fourth-order valence-corrected chi connectivity index (χ4v) is 6.14. The summed E-state index contributed by atoms with van der Waals surface area (Å²) in [5.74, 6) is -6.33. The number of likely N-dealkylation sites (N-methyl/N-ethyl adjacent to an activating group) is 1. The molecule has 0 bridgehead atoms. The molecule has 0 spiro atoms. The van der Waals surface area contributed by atoms with E-state index < -0.39 is 58.0 Å². The van der Waals surface area contributed by atoms with Gasteiger partial charge in [0.15, 0.2) is 11.4 Å². The number of phenols is 1. The zero-order chi connectivity index (χ0) is 27.7. The number of rotatable bonds is 4. The molecule has 2 aromatic rings. The predicted molar refractivity (Wildman–Crippen MR) is 134 cm³/mol. The molecule has 1 fully saturated rings. The number of amides is 1. The van der Waals surface area contributed by atoms with Crippen LogP contribution >= 0.6 is 0 Å². The smallest absolute Gasteiger partial charge is 0.255 e. The molecule has 0 radical (unpaired) electrons. The van der Waals surface area contributed by atoms with Gasteiger partial charge in [-0.1, -0.05) is 0 Å². The predicted octanol–water partition coefficient (Wildman–Crippen LogP) is 1.03. The molecule has 1 aromatic carbocycles. The Hall–Kier alpha value is -4.22. The highest BCUT2D eigenvalue weighted by molar-refractivity contribution is 6.24. The lowest BCUT2D eigenvalue weighted by Crippen LogP contribution is -2.65. The standard InChI is InChI=1S/C27H27N3O8/c1-30(2)21-15-9-11-8-14-13(16-6-4-12(38-3)10-29-16)5-7-17(31)19(14)22(32)18(11)24(34)27(15,37)25(35)20(23(21)33)26(28)36/h4-7,10-11,15,21,31-32,35,37H,8-9H2,1-3H3,(H2,28,36). The lowest BCUT2D eigenvalue weighted by atomic mass is 9.57. The number of hydrogen-bond donors (Lipinski definition) is 5. The highest BCUT2D eigenvalue weighted by Crippen LogP contribution is 2.53. The van der Waals surface area contributed by atoms with Crippen LogP contribution in [0.5, 0.6) is 11.5 Å². The van der Waals surface area contributed by atoms with Gasteiger partial charge in [0.05, 0.1) is 30.6 Å². The summed E-state index contributed by atoms with van der Waals surface area (Å²) in [6.45, 7) is 0. The van der Waals surface area contributed by atoms with E-state index >= 15 is 0 Å². The molecule has 0 aliphatic heterocycles. The maximum Gasteiger partial charge on any atom is 0.255 e. The van der Waals surface area contributed by atoms with Gasteiger partial charge in [-0.3, -0.25) is 24.3 Å². The maximum atomic E-state index is 13.9. The summed E-state index contributed by atoms with van der Waals surface area (Å²) >= 11 is 0. The number of phenolic OH excluding ortho intramolecular Hbond substituents is 1. The van der Waals surface area contributed by atoms with Crippen LogP contribution in [0.2, 0.25) is 0 Å². The summed E-state index contributed by atoms with van der Waals surface area (Å²) in [4.78, 5) is 45.0. The monoisotopic (exact) mass is 521 g/mol. The normalized spacial score (nSPS) is 26.7. The SMILES string of the molecule is COc1ccc(-c2ccc(O)c3c2CC2CC4C(N(C)C)C(=O)C(C(N)=O)=C(O)C4(O)C(=O)C2=C3O)nc1. The number of hydrogen-bond acceptors (Lipinski definition) is 10. The number of primary amides is 1. The topological polar surface area (TPSA) is 184 Å². The summed E-state index contributed by atoms with van der Waals surface area (Å²) in [5, 5.41) is 44.6. The molecule has 11 heteroatoms. The maximum absolute atomic E-state index is 13.9. The van der Waals surface area contributed by atoms with Crippen molar-refractivity contribution in [2.75, 3.05) is 21.2 Å². The average Bonchev–Trinajstić information content (AvgIpc) is 2.86. The van der Waals surface area contributed by atoms with Crippen molar-refractivity contribution in [1.82, 2.24) is 9.88 Å². The number of benzene rings is 1. The molecule has 3 aliphatic carbocycles. The van der Waals surface area contributed by atoms with E-state index in [4.69, 9.17) is 10.5 Å². The van der Waals surface area contributed by atoms with Crippen LogP contribution in [-0.2, 0) is 20.8 Å². The van der Waals surface area contributed by atoms with Gasteiger partial charge >= 0.3 is 0 Å². The van der Waals surface area contributed by atoms with E-state index in [1.54, 1.807) is 32.3 Å². The van der Waals surface area contributed by atoms with Crippen LogP contribution in [-0.4, -0.2) is 80.6 Å². The van der Waals surface area contributed by atoms with Gasteiger partial charge < -0.3 is 30.9 Å². The molecule has 0 saturated heterocycles. The van der Waals surface area contributed by atoms with E-state index in [9.17, 15) is 34.8 Å². The summed E-state index contributed by atoms with van der Waals surface area (Å²) in [6, 6.07) is 5.33. The van der Waals surface area contributed by atoms with Crippen molar-refractivity contribution in [3.8, 4) is 22.8 Å². The first-order valence-corrected chi connectivity index (χ1v) is 11.9. The lowest BCUT2D eigenvalue weighted by Gasteiger charge is -2.50. The molecular weight excluding hydrogens is 494 g/mol. The van der Waals surface area contributed by atoms with Crippen molar-refractivity contribution < 1.29 is 39.5 Å². The van der Waals surface area contributed by atoms with Crippen LogP contribution in [0.1, 0.15) is 17.5 Å². The first-order chi connectivity index (χ1) is 17.9. The third-order valence-electron chi connectivity index (χ3n) is 7.85. The second-order valence-electron chi connectivity index (χ2n) is 10.0. The molecule has 5 rings (SSSR count). The quantitative estimate of drug-likeness (QED) is 0.364. The summed E-state index contributed by atoms with van der Waals surface area (Å²) in [5.41, 5.74) is 3.33. The molecule has 4 unspecified atom stereocenters. The molecule has 3 aliphatic rings. The second kappa shape index (κ2) is 8.67. The Balaban J connectivity index is 1.72. The minimum absolute atomic E-state index is 0.0106. The van der Waals surface area contributed by atoms with E-state index in [0.717, 1.165) is 0 Å². The summed E-state index contributed by atoms with van der Waals surface area (Å²) in [6.07, 6.45) is 1.71. The van der Waals surface area contributed by atoms with Gasteiger partial charge in [-0.05, 0) is 62.7 Å². The summed E-state index contributed by atoms with van der Waals surface area (Å²) < 4.78 is 5.17. The number of carbonyl (C=O) groups is 3. The van der Waals surface area contributed by atoms with E-state index in [0.29, 0.717) is 22.6 Å². The van der Waals surface area contributed by atoms with Crippen molar-refractivity contribution in [3.63, 3.8) is 0 Å². The Morgan fingerprint density at radius 1 is 1.16 bits per heavy atom. The van der Waals surface area contributed by atoms with Gasteiger partial charge in [0.1, 0.15) is 28.6 Å².